The zero-order chi connectivity index (χ0) is 8.72. The topological polar surface area (TPSA) is 90.2 Å². The fraction of sp³-hybridized carbons (Fsp3) is 1.00. The summed E-state index contributed by atoms with van der Waals surface area (Å²) < 4.78 is 0. The van der Waals surface area contributed by atoms with Crippen molar-refractivity contribution in [3.63, 3.8) is 0 Å². The first kappa shape index (κ1) is 8.36. The third-order valence-electron chi connectivity index (χ3n) is 2.70. The third kappa shape index (κ3) is 1.22. The number of hydrogen-bond acceptors (Lipinski definition) is 4. The molecular formula is C6H13N3O3. The Labute approximate surface area is 69.9 Å². The fourth-order valence-corrected chi connectivity index (χ4v) is 2.00. The van der Waals surface area contributed by atoms with Crippen molar-refractivity contribution in [2.24, 2.45) is 5.73 Å². The molecule has 6 nitrogen and oxygen atoms in total. The van der Waals surface area contributed by atoms with Crippen molar-refractivity contribution < 1.29 is 15.4 Å². The lowest BCUT2D eigenvalue weighted by Crippen LogP contribution is -3.18. The maximum absolute atomic E-state index is 11.1. The molecule has 0 spiro atoms. The molecule has 0 aromatic rings. The van der Waals surface area contributed by atoms with Gasteiger partial charge in [-0.2, -0.15) is 10.5 Å². The van der Waals surface area contributed by atoms with Crippen LogP contribution < -0.4 is 16.2 Å². The van der Waals surface area contributed by atoms with Gasteiger partial charge in [-0.05, 0) is 11.4 Å². The molecule has 1 saturated heterocycles. The van der Waals surface area contributed by atoms with E-state index in [2.05, 4.69) is 4.94 Å². The quantitative estimate of drug-likeness (QED) is 0.339. The van der Waals surface area contributed by atoms with E-state index in [4.69, 9.17) is 5.73 Å². The van der Waals surface area contributed by atoms with Gasteiger partial charge in [-0.15, -0.1) is 0 Å². The molecule has 5 unspecified atom stereocenters. The third-order valence-corrected chi connectivity index (χ3v) is 2.70. The highest BCUT2D eigenvalue weighted by Gasteiger charge is 2.46. The van der Waals surface area contributed by atoms with E-state index in [9.17, 15) is 10.4 Å². The standard InChI is InChI=1S/C6H13N3O3/c7-4-1-2-5-6(3-4)9(11)12-8(5)10/h4-6,8-9H,1-3,7H2. The minimum Gasteiger partial charge on any atom is -0.595 e. The first-order chi connectivity index (χ1) is 5.68. The van der Waals surface area contributed by atoms with Crippen molar-refractivity contribution >= 4 is 0 Å². The van der Waals surface area contributed by atoms with Crippen LogP contribution in [0.5, 0.6) is 0 Å². The highest BCUT2D eigenvalue weighted by Crippen LogP contribution is 2.15. The Hall–Kier alpha value is -0.240. The average Bonchev–Trinajstić information content (AvgIpc) is 2.28. The van der Waals surface area contributed by atoms with Crippen LogP contribution in [-0.2, 0) is 4.94 Å². The molecule has 0 bridgehead atoms. The number of fused-ring (bicyclic) bond motifs is 1. The van der Waals surface area contributed by atoms with E-state index >= 15 is 0 Å². The molecule has 70 valence electrons. The smallest absolute Gasteiger partial charge is 0.179 e. The average molecular weight is 175 g/mol. The van der Waals surface area contributed by atoms with Gasteiger partial charge in [0.15, 0.2) is 12.1 Å². The number of nitrogens with two attached hydrogens (primary N) is 1. The van der Waals surface area contributed by atoms with Gasteiger partial charge < -0.3 is 16.1 Å². The summed E-state index contributed by atoms with van der Waals surface area (Å²) in [6, 6.07) is -0.386. The summed E-state index contributed by atoms with van der Waals surface area (Å²) in [5.74, 6) is 0. The molecule has 2 aliphatic rings. The molecule has 6 heteroatoms. The summed E-state index contributed by atoms with van der Waals surface area (Å²) in [6.07, 6.45) is 2.13. The van der Waals surface area contributed by atoms with Gasteiger partial charge in [0.2, 0.25) is 0 Å². The van der Waals surface area contributed by atoms with Crippen molar-refractivity contribution in [2.45, 2.75) is 37.4 Å². The maximum Gasteiger partial charge on any atom is 0.179 e. The Bertz CT molecular complexity index is 179. The zero-order valence-electron chi connectivity index (χ0n) is 6.66. The Morgan fingerprint density at radius 2 is 1.83 bits per heavy atom. The summed E-state index contributed by atoms with van der Waals surface area (Å²) in [5.41, 5.74) is 5.68. The predicted octanol–water partition coefficient (Wildman–Crippen LogP) is -3.14. The minimum atomic E-state index is -0.375. The van der Waals surface area contributed by atoms with Gasteiger partial charge >= 0.3 is 0 Å². The van der Waals surface area contributed by atoms with Crippen LogP contribution in [0.1, 0.15) is 19.3 Å². The second-order valence-electron chi connectivity index (χ2n) is 3.53. The van der Waals surface area contributed by atoms with Crippen LogP contribution in [-0.4, -0.2) is 18.1 Å². The second kappa shape index (κ2) is 2.91. The molecule has 2 rings (SSSR count). The highest BCUT2D eigenvalue weighted by atomic mass is 17.1. The maximum atomic E-state index is 11.1. The number of quaternary nitrogens is 2. The fourth-order valence-electron chi connectivity index (χ4n) is 2.00. The molecule has 1 heterocycles. The number of hydrogen-bond donors (Lipinski definition) is 3. The van der Waals surface area contributed by atoms with Gasteiger partial charge in [0, 0.05) is 18.9 Å². The van der Waals surface area contributed by atoms with Crippen LogP contribution in [0.15, 0.2) is 0 Å². The van der Waals surface area contributed by atoms with E-state index in [1.54, 1.807) is 0 Å². The molecule has 1 saturated carbocycles. The lowest BCUT2D eigenvalue weighted by molar-refractivity contribution is -1.27. The van der Waals surface area contributed by atoms with E-state index in [0.29, 0.717) is 12.8 Å². The second-order valence-corrected chi connectivity index (χ2v) is 3.53. The van der Waals surface area contributed by atoms with Gasteiger partial charge in [0.05, 0.1) is 0 Å². The van der Waals surface area contributed by atoms with Crippen LogP contribution >= 0.6 is 0 Å². The summed E-state index contributed by atoms with van der Waals surface area (Å²) in [5, 5.41) is 21.4. The summed E-state index contributed by atoms with van der Waals surface area (Å²) in [4.78, 5) is 4.52. The molecule has 0 amide bonds. The van der Waals surface area contributed by atoms with Gasteiger partial charge in [0.25, 0.3) is 0 Å². The van der Waals surface area contributed by atoms with E-state index < -0.39 is 0 Å². The first-order valence-electron chi connectivity index (χ1n) is 4.19. The van der Waals surface area contributed by atoms with Gasteiger partial charge in [-0.25, -0.2) is 0 Å². The van der Waals surface area contributed by atoms with Crippen molar-refractivity contribution in [3.05, 3.63) is 10.4 Å². The molecule has 2 fully saturated rings. The summed E-state index contributed by atoms with van der Waals surface area (Å²) >= 11 is 0. The predicted molar refractivity (Wildman–Crippen MR) is 39.1 cm³/mol. The highest BCUT2D eigenvalue weighted by molar-refractivity contribution is 4.81. The molecule has 12 heavy (non-hydrogen) atoms. The van der Waals surface area contributed by atoms with Gasteiger partial charge in [-0.3, -0.25) is 0 Å². The normalized spacial score (nSPS) is 53.8. The molecular weight excluding hydrogens is 162 g/mol. The van der Waals surface area contributed by atoms with Gasteiger partial charge in [-0.1, -0.05) is 0 Å². The molecule has 4 N–H and O–H groups in total. The molecule has 1 aliphatic heterocycles. The molecule has 0 aromatic carbocycles. The van der Waals surface area contributed by atoms with Crippen molar-refractivity contribution in [1.82, 2.24) is 0 Å². The Morgan fingerprint density at radius 3 is 2.58 bits per heavy atom. The monoisotopic (exact) mass is 175 g/mol. The van der Waals surface area contributed by atoms with E-state index in [1.165, 1.54) is 0 Å². The van der Waals surface area contributed by atoms with E-state index in [1.807, 2.05) is 0 Å². The molecule has 0 aromatic heterocycles. The Balaban J connectivity index is 2.07. The van der Waals surface area contributed by atoms with Gasteiger partial charge in [0.1, 0.15) is 0 Å². The van der Waals surface area contributed by atoms with E-state index in [0.717, 1.165) is 6.42 Å². The van der Waals surface area contributed by atoms with Crippen LogP contribution in [0.4, 0.5) is 0 Å². The first-order valence-corrected chi connectivity index (χ1v) is 4.19. The minimum absolute atomic E-state index is 0.0599. The molecule has 1 aliphatic carbocycles. The Kier molecular flexibility index (Phi) is 2.03. The van der Waals surface area contributed by atoms with Crippen LogP contribution in [0.3, 0.4) is 0 Å². The van der Waals surface area contributed by atoms with Crippen molar-refractivity contribution in [3.8, 4) is 0 Å². The largest absolute Gasteiger partial charge is 0.595 e. The number of nitrogens with one attached hydrogen (secondary N) is 2. The lowest BCUT2D eigenvalue weighted by atomic mass is 9.88. The molecule has 0 radical (unpaired) electrons. The SMILES string of the molecule is NC1CCC2C(C1)[NH+]([O-])O[NH+]2[O-]. The van der Waals surface area contributed by atoms with E-state index in [-0.39, 0.29) is 28.6 Å². The molecule has 5 atom stereocenters. The number of rotatable bonds is 0. The summed E-state index contributed by atoms with van der Waals surface area (Å²) in [6.45, 7) is 0. The van der Waals surface area contributed by atoms with Crippen LogP contribution in [0.2, 0.25) is 0 Å². The van der Waals surface area contributed by atoms with Crippen LogP contribution in [0.25, 0.3) is 0 Å². The summed E-state index contributed by atoms with van der Waals surface area (Å²) in [7, 11) is 0. The van der Waals surface area contributed by atoms with Crippen LogP contribution in [0, 0.1) is 10.4 Å². The Morgan fingerprint density at radius 1 is 1.17 bits per heavy atom. The van der Waals surface area contributed by atoms with Crippen molar-refractivity contribution in [1.29, 1.82) is 0 Å². The number of hydroxylamine groups is 4. The van der Waals surface area contributed by atoms with Crippen molar-refractivity contribution in [2.75, 3.05) is 0 Å². The lowest BCUT2D eigenvalue weighted by Gasteiger charge is -2.27. The zero-order valence-corrected chi connectivity index (χ0v) is 6.66.